The molecular formula is C26H33Cl2N3O4S. The van der Waals surface area contributed by atoms with Gasteiger partial charge in [0.15, 0.2) is 0 Å². The van der Waals surface area contributed by atoms with Crippen LogP contribution in [0.4, 0.5) is 5.69 Å². The van der Waals surface area contributed by atoms with Gasteiger partial charge in [-0.3, -0.25) is 13.9 Å². The lowest BCUT2D eigenvalue weighted by molar-refractivity contribution is -0.139. The Hall–Kier alpha value is -2.29. The number of benzene rings is 2. The molecule has 7 nitrogen and oxygen atoms in total. The molecule has 0 spiro atoms. The van der Waals surface area contributed by atoms with Crippen molar-refractivity contribution in [3.8, 4) is 0 Å². The van der Waals surface area contributed by atoms with Crippen LogP contribution < -0.4 is 9.62 Å². The van der Waals surface area contributed by atoms with Crippen LogP contribution in [0, 0.1) is 6.92 Å². The Morgan fingerprint density at radius 2 is 1.78 bits per heavy atom. The van der Waals surface area contributed by atoms with Crippen LogP contribution in [0.1, 0.15) is 50.2 Å². The van der Waals surface area contributed by atoms with Gasteiger partial charge in [-0.2, -0.15) is 0 Å². The molecule has 0 bridgehead atoms. The van der Waals surface area contributed by atoms with Gasteiger partial charge in [-0.25, -0.2) is 8.42 Å². The third-order valence-electron chi connectivity index (χ3n) is 6.41. The zero-order chi connectivity index (χ0) is 26.5. The molecule has 2 aromatic carbocycles. The average molecular weight is 555 g/mol. The number of nitrogens with zero attached hydrogens (tertiary/aromatic N) is 2. The first-order chi connectivity index (χ1) is 17.0. The molecule has 1 unspecified atom stereocenters. The first-order valence-corrected chi connectivity index (χ1v) is 14.6. The summed E-state index contributed by atoms with van der Waals surface area (Å²) in [6, 6.07) is 11.3. The van der Waals surface area contributed by atoms with Crippen LogP contribution in [-0.4, -0.2) is 50.0 Å². The quantitative estimate of drug-likeness (QED) is 0.476. The third-order valence-corrected chi connectivity index (χ3v) is 8.08. The standard InChI is InChI=1S/C26H33Cl2N3O4S/c1-18-8-7-9-20(14-18)16-30(19(2)26(33)29-22-10-5-4-6-11-22)25(32)17-31(36(3,34)35)24-13-12-21(27)15-23(24)28/h7-9,12-15,19,22H,4-6,10-11,16-17H2,1-3H3,(H,29,33). The van der Waals surface area contributed by atoms with Gasteiger partial charge in [-0.1, -0.05) is 72.3 Å². The largest absolute Gasteiger partial charge is 0.352 e. The molecule has 2 aromatic rings. The van der Waals surface area contributed by atoms with E-state index in [0.29, 0.717) is 5.02 Å². The minimum absolute atomic E-state index is 0.0880. The van der Waals surface area contributed by atoms with E-state index in [9.17, 15) is 18.0 Å². The highest BCUT2D eigenvalue weighted by Crippen LogP contribution is 2.30. The molecule has 2 amide bonds. The van der Waals surface area contributed by atoms with Crippen LogP contribution in [0.25, 0.3) is 0 Å². The van der Waals surface area contributed by atoms with Crippen LogP contribution in [0.5, 0.6) is 0 Å². The second-order valence-corrected chi connectivity index (χ2v) is 12.1. The van der Waals surface area contributed by atoms with E-state index in [1.54, 1.807) is 6.92 Å². The number of carbonyl (C=O) groups is 2. The summed E-state index contributed by atoms with van der Waals surface area (Å²) in [7, 11) is -3.87. The van der Waals surface area contributed by atoms with E-state index in [1.807, 2.05) is 31.2 Å². The van der Waals surface area contributed by atoms with Gasteiger partial charge in [0.25, 0.3) is 0 Å². The minimum Gasteiger partial charge on any atom is -0.352 e. The predicted octanol–water partition coefficient (Wildman–Crippen LogP) is 4.93. The molecule has 1 aliphatic carbocycles. The summed E-state index contributed by atoms with van der Waals surface area (Å²) in [6.45, 7) is 3.27. The molecule has 36 heavy (non-hydrogen) atoms. The van der Waals surface area contributed by atoms with Gasteiger partial charge >= 0.3 is 0 Å². The lowest BCUT2D eigenvalue weighted by Gasteiger charge is -2.33. The van der Waals surface area contributed by atoms with Gasteiger partial charge in [0.2, 0.25) is 21.8 Å². The van der Waals surface area contributed by atoms with Gasteiger partial charge in [0, 0.05) is 17.6 Å². The highest BCUT2D eigenvalue weighted by Gasteiger charge is 2.31. The van der Waals surface area contributed by atoms with Gasteiger partial charge in [-0.15, -0.1) is 0 Å². The zero-order valence-electron chi connectivity index (χ0n) is 20.8. The molecule has 1 saturated carbocycles. The first-order valence-electron chi connectivity index (χ1n) is 12.0. The summed E-state index contributed by atoms with van der Waals surface area (Å²) in [6.07, 6.45) is 6.14. The minimum atomic E-state index is -3.87. The van der Waals surface area contributed by atoms with Gasteiger partial charge in [0.05, 0.1) is 17.0 Å². The van der Waals surface area contributed by atoms with Gasteiger partial charge < -0.3 is 10.2 Å². The zero-order valence-corrected chi connectivity index (χ0v) is 23.2. The first kappa shape index (κ1) is 28.3. The Labute approximate surface area is 223 Å². The number of aryl methyl sites for hydroxylation is 1. The van der Waals surface area contributed by atoms with Gasteiger partial charge in [-0.05, 0) is 50.5 Å². The second kappa shape index (κ2) is 12.3. The molecule has 10 heteroatoms. The fourth-order valence-corrected chi connectivity index (χ4v) is 5.86. The topological polar surface area (TPSA) is 86.8 Å². The van der Waals surface area contributed by atoms with E-state index in [4.69, 9.17) is 23.2 Å². The molecule has 0 radical (unpaired) electrons. The van der Waals surface area contributed by atoms with E-state index in [0.717, 1.165) is 53.8 Å². The SMILES string of the molecule is Cc1cccc(CN(C(=O)CN(c2ccc(Cl)cc2Cl)S(C)(=O)=O)C(C)C(=O)NC2CCCCC2)c1. The van der Waals surface area contributed by atoms with E-state index in [1.165, 1.54) is 23.1 Å². The summed E-state index contributed by atoms with van der Waals surface area (Å²) in [5.41, 5.74) is 2.01. The summed E-state index contributed by atoms with van der Waals surface area (Å²) in [5, 5.41) is 3.53. The summed E-state index contributed by atoms with van der Waals surface area (Å²) >= 11 is 12.3. The maximum Gasteiger partial charge on any atom is 0.244 e. The Bertz CT molecular complexity index is 1200. The van der Waals surface area contributed by atoms with Crippen molar-refractivity contribution in [3.05, 3.63) is 63.6 Å². The van der Waals surface area contributed by atoms with E-state index < -0.39 is 28.5 Å². The maximum absolute atomic E-state index is 13.6. The molecule has 0 aromatic heterocycles. The molecule has 1 aliphatic rings. The number of halogens is 2. The van der Waals surface area contributed by atoms with Crippen LogP contribution in [0.3, 0.4) is 0 Å². The average Bonchev–Trinajstić information content (AvgIpc) is 2.81. The van der Waals surface area contributed by atoms with Crippen LogP contribution in [0.2, 0.25) is 10.0 Å². The Balaban J connectivity index is 1.89. The summed E-state index contributed by atoms with van der Waals surface area (Å²) in [4.78, 5) is 28.3. The Morgan fingerprint density at radius 3 is 2.39 bits per heavy atom. The lowest BCUT2D eigenvalue weighted by atomic mass is 9.95. The second-order valence-electron chi connectivity index (χ2n) is 9.40. The number of hydrogen-bond donors (Lipinski definition) is 1. The molecule has 1 fully saturated rings. The molecule has 3 rings (SSSR count). The van der Waals surface area contributed by atoms with Crippen LogP contribution >= 0.6 is 23.2 Å². The van der Waals surface area contributed by atoms with Gasteiger partial charge in [0.1, 0.15) is 12.6 Å². The monoisotopic (exact) mass is 553 g/mol. The predicted molar refractivity (Wildman–Crippen MR) is 145 cm³/mol. The van der Waals surface area contributed by atoms with Crippen LogP contribution in [-0.2, 0) is 26.2 Å². The molecular weight excluding hydrogens is 521 g/mol. The Morgan fingerprint density at radius 1 is 1.08 bits per heavy atom. The lowest BCUT2D eigenvalue weighted by Crippen LogP contribution is -2.53. The molecule has 0 heterocycles. The molecule has 196 valence electrons. The number of amides is 2. The van der Waals surface area contributed by atoms with E-state index >= 15 is 0 Å². The van der Waals surface area contributed by atoms with Crippen molar-refractivity contribution in [2.45, 2.75) is 64.6 Å². The number of nitrogens with one attached hydrogen (secondary N) is 1. The third kappa shape index (κ3) is 7.60. The number of sulfonamides is 1. The van der Waals surface area contributed by atoms with Crippen molar-refractivity contribution in [2.75, 3.05) is 17.1 Å². The number of carbonyl (C=O) groups excluding carboxylic acids is 2. The van der Waals surface area contributed by atoms with Crippen molar-refractivity contribution in [2.24, 2.45) is 0 Å². The van der Waals surface area contributed by atoms with Crippen molar-refractivity contribution in [1.29, 1.82) is 0 Å². The number of rotatable bonds is 9. The van der Waals surface area contributed by atoms with Crippen molar-refractivity contribution < 1.29 is 18.0 Å². The summed E-state index contributed by atoms with van der Waals surface area (Å²) in [5.74, 6) is -0.766. The van der Waals surface area contributed by atoms with E-state index in [-0.39, 0.29) is 29.2 Å². The smallest absolute Gasteiger partial charge is 0.244 e. The highest BCUT2D eigenvalue weighted by atomic mass is 35.5. The summed E-state index contributed by atoms with van der Waals surface area (Å²) < 4.78 is 26.3. The Kier molecular flexibility index (Phi) is 9.66. The molecule has 0 saturated heterocycles. The number of anilines is 1. The fourth-order valence-electron chi connectivity index (χ4n) is 4.44. The highest BCUT2D eigenvalue weighted by molar-refractivity contribution is 7.92. The van der Waals surface area contributed by atoms with E-state index in [2.05, 4.69) is 5.32 Å². The molecule has 1 N–H and O–H groups in total. The molecule has 1 atom stereocenters. The van der Waals surface area contributed by atoms with Crippen LogP contribution in [0.15, 0.2) is 42.5 Å². The number of hydrogen-bond acceptors (Lipinski definition) is 4. The fraction of sp³-hybridized carbons (Fsp3) is 0.462. The maximum atomic E-state index is 13.6. The van der Waals surface area contributed by atoms with Crippen molar-refractivity contribution in [1.82, 2.24) is 10.2 Å². The van der Waals surface area contributed by atoms with Crippen molar-refractivity contribution >= 4 is 50.7 Å². The molecule has 0 aliphatic heterocycles. The van der Waals surface area contributed by atoms with Crippen molar-refractivity contribution in [3.63, 3.8) is 0 Å². The normalized spacial score (nSPS) is 15.2.